The lowest BCUT2D eigenvalue weighted by atomic mass is 10.1. The standard InChI is InChI=1S/C10H12FNO4S/c11-5-1-6(3-12-2-5)16-10-9(15)8(14)7(13)4-17-10/h1-3,7-10,13-15H,4H2/t7-,8+,9-,10+/m1/s1. The van der Waals surface area contributed by atoms with Crippen LogP contribution in [0, 0.1) is 5.82 Å². The van der Waals surface area contributed by atoms with E-state index in [1.165, 1.54) is 6.20 Å². The van der Waals surface area contributed by atoms with E-state index >= 15 is 0 Å². The van der Waals surface area contributed by atoms with E-state index in [4.69, 9.17) is 4.74 Å². The molecule has 0 aromatic carbocycles. The van der Waals surface area contributed by atoms with Crippen LogP contribution in [-0.2, 0) is 0 Å². The largest absolute Gasteiger partial charge is 0.475 e. The van der Waals surface area contributed by atoms with Crippen LogP contribution in [0.4, 0.5) is 4.39 Å². The molecule has 94 valence electrons. The Kier molecular flexibility index (Phi) is 3.82. The minimum atomic E-state index is -1.26. The van der Waals surface area contributed by atoms with Gasteiger partial charge < -0.3 is 20.1 Å². The van der Waals surface area contributed by atoms with E-state index in [0.717, 1.165) is 24.0 Å². The third-order valence-electron chi connectivity index (χ3n) is 2.39. The zero-order valence-electron chi connectivity index (χ0n) is 8.73. The summed E-state index contributed by atoms with van der Waals surface area (Å²) in [7, 11) is 0. The molecule has 0 saturated carbocycles. The second kappa shape index (κ2) is 5.18. The molecular weight excluding hydrogens is 249 g/mol. The van der Waals surface area contributed by atoms with Gasteiger partial charge in [0, 0.05) is 11.8 Å². The summed E-state index contributed by atoms with van der Waals surface area (Å²) in [5, 5.41) is 28.5. The van der Waals surface area contributed by atoms with E-state index in [0.29, 0.717) is 0 Å². The summed E-state index contributed by atoms with van der Waals surface area (Å²) in [6, 6.07) is 1.14. The zero-order chi connectivity index (χ0) is 12.4. The maximum absolute atomic E-state index is 12.9. The summed E-state index contributed by atoms with van der Waals surface area (Å²) in [5.41, 5.74) is -0.753. The molecule has 0 bridgehead atoms. The molecule has 0 radical (unpaired) electrons. The first kappa shape index (κ1) is 12.6. The van der Waals surface area contributed by atoms with Crippen LogP contribution in [0.15, 0.2) is 18.5 Å². The number of aliphatic hydroxyl groups excluding tert-OH is 3. The van der Waals surface area contributed by atoms with E-state index in [-0.39, 0.29) is 11.5 Å². The molecule has 0 amide bonds. The Morgan fingerprint density at radius 2 is 2.06 bits per heavy atom. The van der Waals surface area contributed by atoms with Crippen LogP contribution < -0.4 is 4.74 Å². The van der Waals surface area contributed by atoms with Crippen molar-refractivity contribution in [1.82, 2.24) is 4.98 Å². The molecule has 1 aromatic rings. The average molecular weight is 261 g/mol. The third kappa shape index (κ3) is 2.86. The van der Waals surface area contributed by atoms with Gasteiger partial charge in [-0.2, -0.15) is 0 Å². The molecule has 1 aliphatic heterocycles. The van der Waals surface area contributed by atoms with E-state index in [2.05, 4.69) is 4.98 Å². The molecule has 0 unspecified atom stereocenters. The number of aliphatic hydroxyl groups is 3. The predicted molar refractivity (Wildman–Crippen MR) is 59.1 cm³/mol. The number of halogens is 1. The fourth-order valence-electron chi connectivity index (χ4n) is 1.47. The van der Waals surface area contributed by atoms with Gasteiger partial charge in [-0.25, -0.2) is 4.39 Å². The maximum atomic E-state index is 12.9. The molecule has 17 heavy (non-hydrogen) atoms. The van der Waals surface area contributed by atoms with E-state index in [9.17, 15) is 19.7 Å². The number of aromatic nitrogens is 1. The monoisotopic (exact) mass is 261 g/mol. The van der Waals surface area contributed by atoms with Gasteiger partial charge >= 0.3 is 0 Å². The molecule has 1 fully saturated rings. The third-order valence-corrected chi connectivity index (χ3v) is 3.62. The summed E-state index contributed by atoms with van der Waals surface area (Å²) in [5.74, 6) is -0.130. The lowest BCUT2D eigenvalue weighted by molar-refractivity contribution is -0.0786. The molecule has 2 heterocycles. The molecule has 1 saturated heterocycles. The van der Waals surface area contributed by atoms with Gasteiger partial charge in [0.25, 0.3) is 0 Å². The van der Waals surface area contributed by atoms with Gasteiger partial charge in [-0.3, -0.25) is 4.98 Å². The first-order chi connectivity index (χ1) is 8.08. The van der Waals surface area contributed by atoms with Crippen molar-refractivity contribution in [2.75, 3.05) is 5.75 Å². The number of hydrogen-bond acceptors (Lipinski definition) is 6. The lowest BCUT2D eigenvalue weighted by Gasteiger charge is -2.34. The van der Waals surface area contributed by atoms with Crippen LogP contribution in [0.1, 0.15) is 0 Å². The molecule has 2 rings (SSSR count). The minimum absolute atomic E-state index is 0.171. The maximum Gasteiger partial charge on any atom is 0.173 e. The lowest BCUT2D eigenvalue weighted by Crippen LogP contribution is -2.50. The van der Waals surface area contributed by atoms with Crippen LogP contribution in [0.5, 0.6) is 5.75 Å². The summed E-state index contributed by atoms with van der Waals surface area (Å²) < 4.78 is 18.2. The van der Waals surface area contributed by atoms with Crippen LogP contribution in [0.2, 0.25) is 0 Å². The second-order valence-electron chi connectivity index (χ2n) is 3.71. The number of rotatable bonds is 2. The molecule has 5 nitrogen and oxygen atoms in total. The van der Waals surface area contributed by atoms with Gasteiger partial charge in [0.2, 0.25) is 0 Å². The topological polar surface area (TPSA) is 82.8 Å². The van der Waals surface area contributed by atoms with Crippen LogP contribution >= 0.6 is 11.8 Å². The van der Waals surface area contributed by atoms with Gasteiger partial charge in [0.1, 0.15) is 23.8 Å². The second-order valence-corrected chi connectivity index (χ2v) is 4.84. The quantitative estimate of drug-likeness (QED) is 0.681. The summed E-state index contributed by atoms with van der Waals surface area (Å²) in [4.78, 5) is 3.61. The molecule has 4 atom stereocenters. The molecule has 3 N–H and O–H groups in total. The molecular formula is C10H12FNO4S. The fourth-order valence-corrected chi connectivity index (χ4v) is 2.60. The van der Waals surface area contributed by atoms with Crippen LogP contribution in [-0.4, -0.2) is 49.8 Å². The molecule has 0 spiro atoms. The Hall–Kier alpha value is -0.890. The predicted octanol–water partition coefficient (Wildman–Crippen LogP) is -0.245. The number of ether oxygens (including phenoxy) is 1. The fraction of sp³-hybridized carbons (Fsp3) is 0.500. The van der Waals surface area contributed by atoms with E-state index in [1.54, 1.807) is 0 Å². The Morgan fingerprint density at radius 3 is 2.76 bits per heavy atom. The Balaban J connectivity index is 2.04. The Bertz CT molecular complexity index is 394. The molecule has 1 aromatic heterocycles. The molecule has 7 heteroatoms. The van der Waals surface area contributed by atoms with E-state index < -0.39 is 29.6 Å². The number of pyridine rings is 1. The minimum Gasteiger partial charge on any atom is -0.475 e. The van der Waals surface area contributed by atoms with E-state index in [1.807, 2.05) is 0 Å². The van der Waals surface area contributed by atoms with Gasteiger partial charge in [-0.15, -0.1) is 11.8 Å². The summed E-state index contributed by atoms with van der Waals surface area (Å²) in [6.45, 7) is 0. The molecule has 1 aliphatic rings. The van der Waals surface area contributed by atoms with Crippen molar-refractivity contribution in [3.05, 3.63) is 24.3 Å². The SMILES string of the molecule is O[C@@H]1[C@@H](O)[C@@H](Oc2cncc(F)c2)SC[C@H]1O. The highest BCUT2D eigenvalue weighted by atomic mass is 32.2. The average Bonchev–Trinajstić information content (AvgIpc) is 2.30. The van der Waals surface area contributed by atoms with Crippen LogP contribution in [0.25, 0.3) is 0 Å². The zero-order valence-corrected chi connectivity index (χ0v) is 9.55. The number of hydrogen-bond donors (Lipinski definition) is 3. The normalized spacial score (nSPS) is 33.4. The Morgan fingerprint density at radius 1 is 1.29 bits per heavy atom. The summed E-state index contributed by atoms with van der Waals surface area (Å²) in [6.07, 6.45) is -1.13. The smallest absolute Gasteiger partial charge is 0.173 e. The van der Waals surface area contributed by atoms with Gasteiger partial charge in [0.05, 0.1) is 18.5 Å². The van der Waals surface area contributed by atoms with Crippen molar-refractivity contribution in [2.45, 2.75) is 23.7 Å². The van der Waals surface area contributed by atoms with Gasteiger partial charge in [0.15, 0.2) is 5.44 Å². The van der Waals surface area contributed by atoms with Gasteiger partial charge in [-0.1, -0.05) is 0 Å². The Labute approximate surface area is 101 Å². The van der Waals surface area contributed by atoms with Crippen molar-refractivity contribution < 1.29 is 24.4 Å². The van der Waals surface area contributed by atoms with Crippen molar-refractivity contribution >= 4 is 11.8 Å². The first-order valence-corrected chi connectivity index (χ1v) is 6.06. The van der Waals surface area contributed by atoms with Crippen molar-refractivity contribution in [1.29, 1.82) is 0 Å². The summed E-state index contributed by atoms with van der Waals surface area (Å²) >= 11 is 1.15. The van der Waals surface area contributed by atoms with Crippen molar-refractivity contribution in [3.63, 3.8) is 0 Å². The highest BCUT2D eigenvalue weighted by molar-refractivity contribution is 7.99. The van der Waals surface area contributed by atoms with Crippen molar-refractivity contribution in [2.24, 2.45) is 0 Å². The number of thioether (sulfide) groups is 1. The highest BCUT2D eigenvalue weighted by Gasteiger charge is 2.38. The van der Waals surface area contributed by atoms with Crippen LogP contribution in [0.3, 0.4) is 0 Å². The molecule has 0 aliphatic carbocycles. The van der Waals surface area contributed by atoms with Gasteiger partial charge in [-0.05, 0) is 0 Å². The first-order valence-electron chi connectivity index (χ1n) is 5.01. The van der Waals surface area contributed by atoms with Crippen molar-refractivity contribution in [3.8, 4) is 5.75 Å². The number of nitrogens with zero attached hydrogens (tertiary/aromatic N) is 1. The highest BCUT2D eigenvalue weighted by Crippen LogP contribution is 2.28.